The molecule has 0 aliphatic carbocycles. The molecule has 4 aromatic rings. The van der Waals surface area contributed by atoms with Crippen LogP contribution in [0, 0.1) is 0 Å². The predicted molar refractivity (Wildman–Crippen MR) is 91.0 cm³/mol. The van der Waals surface area contributed by atoms with Gasteiger partial charge < -0.3 is 0 Å². The first-order valence-corrected chi connectivity index (χ1v) is 7.49. The van der Waals surface area contributed by atoms with Crippen molar-refractivity contribution in [3.05, 3.63) is 72.0 Å². The van der Waals surface area contributed by atoms with Gasteiger partial charge in [-0.25, -0.2) is 9.97 Å². The molecule has 3 aromatic heterocycles. The third kappa shape index (κ3) is 2.64. The highest BCUT2D eigenvalue weighted by Crippen LogP contribution is 2.29. The zero-order valence-electron chi connectivity index (χ0n) is 12.0. The molecule has 5 heteroatoms. The van der Waals surface area contributed by atoms with E-state index in [0.29, 0.717) is 16.4 Å². The van der Waals surface area contributed by atoms with E-state index in [9.17, 15) is 0 Å². The normalized spacial score (nSPS) is 10.8. The first-order valence-electron chi connectivity index (χ1n) is 7.11. The third-order valence-electron chi connectivity index (χ3n) is 3.44. The Morgan fingerprint density at radius 1 is 0.652 bits per heavy atom. The van der Waals surface area contributed by atoms with E-state index < -0.39 is 0 Å². The Bertz CT molecular complexity index is 972. The van der Waals surface area contributed by atoms with Crippen LogP contribution in [0.1, 0.15) is 0 Å². The van der Waals surface area contributed by atoms with Crippen molar-refractivity contribution in [3.8, 4) is 22.8 Å². The molecule has 0 atom stereocenters. The summed E-state index contributed by atoms with van der Waals surface area (Å²) in [6.45, 7) is 0. The molecule has 0 saturated carbocycles. The van der Waals surface area contributed by atoms with Gasteiger partial charge in [0.05, 0.1) is 22.4 Å². The Kier molecular flexibility index (Phi) is 3.44. The first-order chi connectivity index (χ1) is 11.3. The molecule has 0 saturated heterocycles. The van der Waals surface area contributed by atoms with E-state index in [-0.39, 0.29) is 0 Å². The number of fused-ring (bicyclic) bond motifs is 1. The number of nitrogens with zero attached hydrogens (tertiary/aromatic N) is 4. The van der Waals surface area contributed by atoms with Crippen LogP contribution >= 0.6 is 11.6 Å². The summed E-state index contributed by atoms with van der Waals surface area (Å²) >= 11 is 6.08. The Hall–Kier alpha value is -2.85. The van der Waals surface area contributed by atoms with Crippen molar-refractivity contribution in [3.63, 3.8) is 0 Å². The Labute approximate surface area is 137 Å². The van der Waals surface area contributed by atoms with Gasteiger partial charge in [0.1, 0.15) is 11.4 Å². The van der Waals surface area contributed by atoms with Gasteiger partial charge in [-0.2, -0.15) is 0 Å². The van der Waals surface area contributed by atoms with E-state index in [1.54, 1.807) is 24.5 Å². The van der Waals surface area contributed by atoms with Gasteiger partial charge >= 0.3 is 0 Å². The van der Waals surface area contributed by atoms with E-state index in [1.807, 2.05) is 42.5 Å². The van der Waals surface area contributed by atoms with Crippen molar-refractivity contribution < 1.29 is 0 Å². The van der Waals surface area contributed by atoms with Crippen molar-refractivity contribution in [1.29, 1.82) is 0 Å². The number of benzene rings is 1. The molecule has 1 aromatic carbocycles. The van der Waals surface area contributed by atoms with Gasteiger partial charge in [-0.05, 0) is 42.5 Å². The van der Waals surface area contributed by atoms with Gasteiger partial charge in [0.2, 0.25) is 0 Å². The molecule has 0 bridgehead atoms. The Morgan fingerprint density at radius 3 is 1.83 bits per heavy atom. The van der Waals surface area contributed by atoms with E-state index >= 15 is 0 Å². The molecule has 0 N–H and O–H groups in total. The molecule has 0 aliphatic rings. The molecule has 23 heavy (non-hydrogen) atoms. The maximum Gasteiger partial charge on any atom is 0.117 e. The SMILES string of the molecule is Clc1ccc2nc(-c3ccccn3)c(-c3ccccn3)nc2c1. The summed E-state index contributed by atoms with van der Waals surface area (Å²) in [6.07, 6.45) is 3.48. The van der Waals surface area contributed by atoms with Gasteiger partial charge in [-0.15, -0.1) is 0 Å². The van der Waals surface area contributed by atoms with Crippen LogP contribution in [-0.4, -0.2) is 19.9 Å². The van der Waals surface area contributed by atoms with Crippen LogP contribution in [0.5, 0.6) is 0 Å². The quantitative estimate of drug-likeness (QED) is 0.549. The predicted octanol–water partition coefficient (Wildman–Crippen LogP) is 4.41. The second-order valence-electron chi connectivity index (χ2n) is 4.98. The summed E-state index contributed by atoms with van der Waals surface area (Å²) in [7, 11) is 0. The second kappa shape index (κ2) is 5.74. The summed E-state index contributed by atoms with van der Waals surface area (Å²) < 4.78 is 0. The fraction of sp³-hybridized carbons (Fsp3) is 0. The Morgan fingerprint density at radius 2 is 1.26 bits per heavy atom. The molecule has 0 amide bonds. The van der Waals surface area contributed by atoms with Crippen LogP contribution < -0.4 is 0 Å². The summed E-state index contributed by atoms with van der Waals surface area (Å²) in [4.78, 5) is 18.3. The van der Waals surface area contributed by atoms with Crippen LogP contribution in [-0.2, 0) is 0 Å². The third-order valence-corrected chi connectivity index (χ3v) is 3.68. The standard InChI is InChI=1S/C18H11ClN4/c19-12-7-8-13-16(11-12)23-18(15-6-2-4-10-21-15)17(22-13)14-5-1-3-9-20-14/h1-11H. The molecular weight excluding hydrogens is 308 g/mol. The lowest BCUT2D eigenvalue weighted by Crippen LogP contribution is -1.97. The maximum atomic E-state index is 6.08. The summed E-state index contributed by atoms with van der Waals surface area (Å²) in [5.74, 6) is 0. The van der Waals surface area contributed by atoms with Crippen molar-refractivity contribution in [2.24, 2.45) is 0 Å². The van der Waals surface area contributed by atoms with E-state index in [4.69, 9.17) is 21.6 Å². The van der Waals surface area contributed by atoms with Gasteiger partial charge in [0, 0.05) is 17.4 Å². The molecule has 0 spiro atoms. The lowest BCUT2D eigenvalue weighted by Gasteiger charge is -2.09. The molecule has 4 rings (SSSR count). The molecule has 0 radical (unpaired) electrons. The van der Waals surface area contributed by atoms with Crippen LogP contribution in [0.15, 0.2) is 67.0 Å². The minimum absolute atomic E-state index is 0.629. The van der Waals surface area contributed by atoms with Gasteiger partial charge in [0.25, 0.3) is 0 Å². The molecule has 0 fully saturated rings. The van der Waals surface area contributed by atoms with Crippen molar-refractivity contribution in [2.75, 3.05) is 0 Å². The minimum Gasteiger partial charge on any atom is -0.255 e. The number of aromatic nitrogens is 4. The topological polar surface area (TPSA) is 51.6 Å². The van der Waals surface area contributed by atoms with Gasteiger partial charge in [0.15, 0.2) is 0 Å². The summed E-state index contributed by atoms with van der Waals surface area (Å²) in [5, 5.41) is 0.629. The monoisotopic (exact) mass is 318 g/mol. The lowest BCUT2D eigenvalue weighted by molar-refractivity contribution is 1.21. The van der Waals surface area contributed by atoms with Crippen LogP contribution in [0.3, 0.4) is 0 Å². The highest BCUT2D eigenvalue weighted by atomic mass is 35.5. The van der Waals surface area contributed by atoms with Crippen molar-refractivity contribution in [1.82, 2.24) is 19.9 Å². The van der Waals surface area contributed by atoms with Crippen LogP contribution in [0.4, 0.5) is 0 Å². The first kappa shape index (κ1) is 13.8. The number of hydrogen-bond donors (Lipinski definition) is 0. The Balaban J connectivity index is 2.04. The molecule has 0 aliphatic heterocycles. The van der Waals surface area contributed by atoms with E-state index in [1.165, 1.54) is 0 Å². The molecular formula is C18H11ClN4. The van der Waals surface area contributed by atoms with E-state index in [2.05, 4.69) is 9.97 Å². The summed E-state index contributed by atoms with van der Waals surface area (Å²) in [6, 6.07) is 16.9. The van der Waals surface area contributed by atoms with Gasteiger partial charge in [-0.1, -0.05) is 23.7 Å². The maximum absolute atomic E-state index is 6.08. The number of hydrogen-bond acceptors (Lipinski definition) is 4. The van der Waals surface area contributed by atoms with E-state index in [0.717, 1.165) is 22.4 Å². The second-order valence-corrected chi connectivity index (χ2v) is 5.42. The average molecular weight is 319 g/mol. The highest BCUT2D eigenvalue weighted by Gasteiger charge is 2.14. The summed E-state index contributed by atoms with van der Waals surface area (Å²) in [5.41, 5.74) is 4.42. The highest BCUT2D eigenvalue weighted by molar-refractivity contribution is 6.31. The van der Waals surface area contributed by atoms with Crippen molar-refractivity contribution in [2.45, 2.75) is 0 Å². The largest absolute Gasteiger partial charge is 0.255 e. The minimum atomic E-state index is 0.629. The molecule has 110 valence electrons. The smallest absolute Gasteiger partial charge is 0.117 e. The number of halogens is 1. The molecule has 0 unspecified atom stereocenters. The fourth-order valence-corrected chi connectivity index (χ4v) is 2.56. The van der Waals surface area contributed by atoms with Crippen LogP contribution in [0.2, 0.25) is 5.02 Å². The van der Waals surface area contributed by atoms with Gasteiger partial charge in [-0.3, -0.25) is 9.97 Å². The average Bonchev–Trinajstić information content (AvgIpc) is 2.62. The fourth-order valence-electron chi connectivity index (χ4n) is 2.39. The lowest BCUT2D eigenvalue weighted by atomic mass is 10.1. The number of rotatable bonds is 2. The zero-order chi connectivity index (χ0) is 15.6. The number of pyridine rings is 2. The molecule has 4 nitrogen and oxygen atoms in total. The van der Waals surface area contributed by atoms with Crippen molar-refractivity contribution >= 4 is 22.6 Å². The van der Waals surface area contributed by atoms with Crippen LogP contribution in [0.25, 0.3) is 33.8 Å². The zero-order valence-corrected chi connectivity index (χ0v) is 12.8. The molecule has 3 heterocycles.